The Morgan fingerprint density at radius 1 is 0.778 bits per heavy atom. The van der Waals surface area contributed by atoms with Crippen LogP contribution in [0.1, 0.15) is 30.6 Å². The lowest BCUT2D eigenvalue weighted by Gasteiger charge is -2.28. The summed E-state index contributed by atoms with van der Waals surface area (Å²) in [4.78, 5) is 12.4. The van der Waals surface area contributed by atoms with Crippen molar-refractivity contribution in [2.45, 2.75) is 25.9 Å². The van der Waals surface area contributed by atoms with Gasteiger partial charge in [0.05, 0.1) is 5.56 Å². The summed E-state index contributed by atoms with van der Waals surface area (Å²) in [6.07, 6.45) is 1.78. The van der Waals surface area contributed by atoms with Gasteiger partial charge in [0.15, 0.2) is 0 Å². The first-order valence-electron chi connectivity index (χ1n) is 9.21. The molecular weight excluding hydrogens is 351 g/mol. The molecule has 0 heterocycles. The summed E-state index contributed by atoms with van der Waals surface area (Å²) in [6, 6.07) is 30.4. The Bertz CT molecular complexity index is 806. The average Bonchev–Trinajstić information content (AvgIpc) is 2.70. The number of esters is 1. The lowest BCUT2D eigenvalue weighted by molar-refractivity contribution is -0.00199. The van der Waals surface area contributed by atoms with Crippen LogP contribution in [0.5, 0.6) is 0 Å². The summed E-state index contributed by atoms with van der Waals surface area (Å²) in [7, 11) is -0.486. The van der Waals surface area contributed by atoms with Crippen LogP contribution in [0, 0.1) is 0 Å². The number of carbonyl (C=O) groups is 1. The monoisotopic (exact) mass is 376 g/mol. The van der Waals surface area contributed by atoms with Crippen molar-refractivity contribution in [2.24, 2.45) is 0 Å². The molecule has 0 aliphatic heterocycles. The van der Waals surface area contributed by atoms with Crippen molar-refractivity contribution >= 4 is 24.5 Å². The van der Waals surface area contributed by atoms with Crippen molar-refractivity contribution in [3.8, 4) is 0 Å². The molecule has 27 heavy (non-hydrogen) atoms. The van der Waals surface area contributed by atoms with Crippen LogP contribution in [0.15, 0.2) is 91.0 Å². The van der Waals surface area contributed by atoms with Crippen molar-refractivity contribution in [2.75, 3.05) is 6.16 Å². The molecule has 3 heteroatoms. The molecule has 0 saturated heterocycles. The Hall–Kier alpha value is -2.44. The largest absolute Gasteiger partial charge is 0.456 e. The Morgan fingerprint density at radius 3 is 1.70 bits per heavy atom. The smallest absolute Gasteiger partial charge is 0.338 e. The highest BCUT2D eigenvalue weighted by atomic mass is 31.1. The third kappa shape index (κ3) is 5.52. The van der Waals surface area contributed by atoms with Crippen LogP contribution in [0.2, 0.25) is 0 Å². The average molecular weight is 376 g/mol. The van der Waals surface area contributed by atoms with Crippen LogP contribution in [-0.2, 0) is 4.74 Å². The van der Waals surface area contributed by atoms with Crippen LogP contribution in [0.25, 0.3) is 0 Å². The predicted molar refractivity (Wildman–Crippen MR) is 114 cm³/mol. The number of benzene rings is 3. The Morgan fingerprint density at radius 2 is 1.22 bits per heavy atom. The molecule has 0 bridgehead atoms. The number of rotatable bonds is 7. The van der Waals surface area contributed by atoms with Gasteiger partial charge in [-0.1, -0.05) is 78.9 Å². The van der Waals surface area contributed by atoms with Crippen LogP contribution < -0.4 is 10.6 Å². The zero-order chi connectivity index (χ0) is 19.1. The molecule has 0 saturated carbocycles. The number of hydrogen-bond donors (Lipinski definition) is 0. The SMILES string of the molecule is CC(C)(CCP(c1ccccc1)c1ccccc1)OC(=O)c1ccccc1. The highest BCUT2D eigenvalue weighted by molar-refractivity contribution is 7.73. The first kappa shape index (κ1) is 19.3. The van der Waals surface area contributed by atoms with Crippen molar-refractivity contribution in [3.63, 3.8) is 0 Å². The molecule has 0 aromatic heterocycles. The fourth-order valence-corrected chi connectivity index (χ4v) is 5.58. The molecule has 0 atom stereocenters. The van der Waals surface area contributed by atoms with Gasteiger partial charge in [-0.05, 0) is 57.1 Å². The maximum atomic E-state index is 12.4. The minimum atomic E-state index is -0.517. The summed E-state index contributed by atoms with van der Waals surface area (Å²) >= 11 is 0. The quantitative estimate of drug-likeness (QED) is 0.421. The van der Waals surface area contributed by atoms with Gasteiger partial charge in [-0.2, -0.15) is 0 Å². The molecule has 0 amide bonds. The molecule has 3 rings (SSSR count). The summed E-state index contributed by atoms with van der Waals surface area (Å²) in [5.41, 5.74) is 0.0795. The van der Waals surface area contributed by atoms with E-state index in [-0.39, 0.29) is 5.97 Å². The molecule has 138 valence electrons. The van der Waals surface area contributed by atoms with Gasteiger partial charge < -0.3 is 4.74 Å². The lowest BCUT2D eigenvalue weighted by atomic mass is 10.1. The van der Waals surface area contributed by atoms with Crippen molar-refractivity contribution in [3.05, 3.63) is 96.6 Å². The zero-order valence-corrected chi connectivity index (χ0v) is 16.7. The summed E-state index contributed by atoms with van der Waals surface area (Å²) in [5.74, 6) is -0.260. The van der Waals surface area contributed by atoms with Gasteiger partial charge in [0, 0.05) is 0 Å². The van der Waals surface area contributed by atoms with Gasteiger partial charge in [0.2, 0.25) is 0 Å². The fourth-order valence-electron chi connectivity index (χ4n) is 2.94. The van der Waals surface area contributed by atoms with Crippen LogP contribution in [0.3, 0.4) is 0 Å². The molecule has 0 aliphatic rings. The molecule has 0 unspecified atom stereocenters. The van der Waals surface area contributed by atoms with Crippen molar-refractivity contribution in [1.29, 1.82) is 0 Å². The molecule has 3 aromatic carbocycles. The van der Waals surface area contributed by atoms with E-state index in [0.717, 1.165) is 12.6 Å². The molecule has 0 fully saturated rings. The third-order valence-electron chi connectivity index (χ3n) is 4.45. The lowest BCUT2D eigenvalue weighted by Crippen LogP contribution is -2.30. The highest BCUT2D eigenvalue weighted by Gasteiger charge is 2.26. The van der Waals surface area contributed by atoms with Crippen LogP contribution in [0.4, 0.5) is 0 Å². The van der Waals surface area contributed by atoms with Gasteiger partial charge in [0.1, 0.15) is 5.60 Å². The molecule has 0 N–H and O–H groups in total. The predicted octanol–water partition coefficient (Wildman–Crippen LogP) is 5.15. The minimum Gasteiger partial charge on any atom is -0.456 e. The van der Waals surface area contributed by atoms with E-state index in [1.54, 1.807) is 12.1 Å². The first-order chi connectivity index (χ1) is 13.1. The Labute approximate surface area is 163 Å². The van der Waals surface area contributed by atoms with Crippen LogP contribution >= 0.6 is 7.92 Å². The topological polar surface area (TPSA) is 26.3 Å². The standard InChI is InChI=1S/C24H25O2P/c1-24(2,26-23(25)20-12-6-3-7-13-20)18-19-27(21-14-8-4-9-15-21)22-16-10-5-11-17-22/h3-17H,18-19H2,1-2H3. The van der Waals surface area contributed by atoms with Crippen LogP contribution in [-0.4, -0.2) is 17.7 Å². The Kier molecular flexibility index (Phi) is 6.42. The fraction of sp³-hybridized carbons (Fsp3) is 0.208. The van der Waals surface area contributed by atoms with Gasteiger partial charge in [0.25, 0.3) is 0 Å². The van der Waals surface area contributed by atoms with E-state index in [2.05, 4.69) is 48.5 Å². The van der Waals surface area contributed by atoms with E-state index in [4.69, 9.17) is 4.74 Å². The van der Waals surface area contributed by atoms with Gasteiger partial charge in [-0.25, -0.2) is 4.79 Å². The molecule has 0 aliphatic carbocycles. The highest BCUT2D eigenvalue weighted by Crippen LogP contribution is 2.36. The van der Waals surface area contributed by atoms with E-state index in [1.165, 1.54) is 10.6 Å². The second-order valence-electron chi connectivity index (χ2n) is 7.09. The molecule has 3 aromatic rings. The van der Waals surface area contributed by atoms with Gasteiger partial charge in [-0.3, -0.25) is 0 Å². The Balaban J connectivity index is 1.72. The zero-order valence-electron chi connectivity index (χ0n) is 15.8. The molecule has 0 radical (unpaired) electrons. The third-order valence-corrected chi connectivity index (χ3v) is 6.97. The second kappa shape index (κ2) is 8.97. The van der Waals surface area contributed by atoms with E-state index in [1.807, 2.05) is 44.2 Å². The second-order valence-corrected chi connectivity index (χ2v) is 9.42. The van der Waals surface area contributed by atoms with E-state index >= 15 is 0 Å². The van der Waals surface area contributed by atoms with E-state index < -0.39 is 13.5 Å². The van der Waals surface area contributed by atoms with Crippen molar-refractivity contribution < 1.29 is 9.53 Å². The number of hydrogen-bond acceptors (Lipinski definition) is 2. The van der Waals surface area contributed by atoms with Gasteiger partial charge >= 0.3 is 5.97 Å². The summed E-state index contributed by atoms with van der Waals surface area (Å²) in [5, 5.41) is 2.70. The minimum absolute atomic E-state index is 0.260. The summed E-state index contributed by atoms with van der Waals surface area (Å²) < 4.78 is 5.82. The maximum absolute atomic E-state index is 12.4. The van der Waals surface area contributed by atoms with Gasteiger partial charge in [-0.15, -0.1) is 0 Å². The molecule has 2 nitrogen and oxygen atoms in total. The molecule has 0 spiro atoms. The number of carbonyl (C=O) groups excluding carboxylic acids is 1. The summed E-state index contributed by atoms with van der Waals surface area (Å²) in [6.45, 7) is 3.99. The maximum Gasteiger partial charge on any atom is 0.338 e. The van der Waals surface area contributed by atoms with E-state index in [9.17, 15) is 4.79 Å². The normalized spacial score (nSPS) is 11.4. The van der Waals surface area contributed by atoms with Crippen molar-refractivity contribution in [1.82, 2.24) is 0 Å². The number of ether oxygens (including phenoxy) is 1. The molecular formula is C24H25O2P. The first-order valence-corrected chi connectivity index (χ1v) is 10.7. The van der Waals surface area contributed by atoms with E-state index in [0.29, 0.717) is 5.56 Å².